The Morgan fingerprint density at radius 2 is 1.00 bits per heavy atom. The molecular weight excluding hydrogens is 307 g/mol. The third kappa shape index (κ3) is 20.1. The number of alkyl halides is 2. The Bertz CT molecular complexity index is 233. The Balaban J connectivity index is 2.98. The van der Waals surface area contributed by atoms with Gasteiger partial charge in [0.2, 0.25) is 0 Å². The van der Waals surface area contributed by atoms with Crippen LogP contribution in [0.2, 0.25) is 0 Å². The molecule has 2 nitrogen and oxygen atoms in total. The highest BCUT2D eigenvalue weighted by Crippen LogP contribution is 2.15. The van der Waals surface area contributed by atoms with Crippen LogP contribution in [0.1, 0.15) is 96.3 Å². The van der Waals surface area contributed by atoms with E-state index in [0.717, 1.165) is 25.7 Å². The number of carbonyl (C=O) groups is 1. The van der Waals surface area contributed by atoms with E-state index in [4.69, 9.17) is 28.3 Å². The molecular formula is C17H32Cl2O2. The van der Waals surface area contributed by atoms with Crippen molar-refractivity contribution >= 4 is 29.2 Å². The molecule has 0 bridgehead atoms. The number of carboxylic acids is 1. The number of aliphatic carboxylic acids is 1. The van der Waals surface area contributed by atoms with Gasteiger partial charge in [-0.15, -0.1) is 23.2 Å². The summed E-state index contributed by atoms with van der Waals surface area (Å²) in [6, 6.07) is 0. The molecule has 0 aromatic carbocycles. The van der Waals surface area contributed by atoms with Gasteiger partial charge < -0.3 is 5.11 Å². The van der Waals surface area contributed by atoms with Crippen molar-refractivity contribution in [3.05, 3.63) is 0 Å². The molecule has 0 aliphatic carbocycles. The number of hydrogen-bond acceptors (Lipinski definition) is 1. The molecule has 0 spiro atoms. The molecule has 0 aromatic rings. The highest BCUT2D eigenvalue weighted by Gasteiger charge is 1.98. The molecule has 0 rings (SSSR count). The monoisotopic (exact) mass is 338 g/mol. The molecule has 0 fully saturated rings. The predicted octanol–water partition coefficient (Wildman–Crippen LogP) is 6.73. The van der Waals surface area contributed by atoms with Crippen LogP contribution in [0.25, 0.3) is 0 Å². The van der Waals surface area contributed by atoms with Gasteiger partial charge in [0.15, 0.2) is 0 Å². The van der Waals surface area contributed by atoms with Gasteiger partial charge in [-0.3, -0.25) is 4.79 Å². The first-order valence-electron chi connectivity index (χ1n) is 8.63. The van der Waals surface area contributed by atoms with Gasteiger partial charge in [0.25, 0.3) is 0 Å². The van der Waals surface area contributed by atoms with E-state index in [1.807, 2.05) is 0 Å². The van der Waals surface area contributed by atoms with Gasteiger partial charge in [0, 0.05) is 6.42 Å². The number of unbranched alkanes of at least 4 members (excludes halogenated alkanes) is 12. The third-order valence-electron chi connectivity index (χ3n) is 3.81. The summed E-state index contributed by atoms with van der Waals surface area (Å²) in [6.45, 7) is 0. The van der Waals surface area contributed by atoms with Crippen LogP contribution in [0.4, 0.5) is 0 Å². The average Bonchev–Trinajstić information content (AvgIpc) is 2.42. The molecule has 21 heavy (non-hydrogen) atoms. The van der Waals surface area contributed by atoms with Crippen LogP contribution < -0.4 is 0 Å². The maximum absolute atomic E-state index is 10.3. The summed E-state index contributed by atoms with van der Waals surface area (Å²) in [5.74, 6) is -0.667. The fourth-order valence-electron chi connectivity index (χ4n) is 2.52. The van der Waals surface area contributed by atoms with E-state index in [1.165, 1.54) is 64.2 Å². The van der Waals surface area contributed by atoms with E-state index < -0.39 is 5.97 Å². The second-order valence-corrected chi connectivity index (χ2v) is 7.20. The van der Waals surface area contributed by atoms with E-state index >= 15 is 0 Å². The van der Waals surface area contributed by atoms with Crippen LogP contribution in [-0.2, 0) is 4.79 Å². The lowest BCUT2D eigenvalue weighted by molar-refractivity contribution is -0.137. The van der Waals surface area contributed by atoms with Crippen molar-refractivity contribution in [3.8, 4) is 0 Å². The van der Waals surface area contributed by atoms with Gasteiger partial charge in [0.05, 0.1) is 0 Å². The fourth-order valence-corrected chi connectivity index (χ4v) is 2.83. The SMILES string of the molecule is O=C(O)CCCCCCCCCCCCCCCC(Cl)Cl. The molecule has 0 unspecified atom stereocenters. The zero-order valence-corrected chi connectivity index (χ0v) is 14.8. The van der Waals surface area contributed by atoms with Crippen molar-refractivity contribution in [2.75, 3.05) is 0 Å². The first kappa shape index (κ1) is 21.0. The predicted molar refractivity (Wildman–Crippen MR) is 92.4 cm³/mol. The summed E-state index contributed by atoms with van der Waals surface area (Å²) in [5, 5.41) is 8.52. The lowest BCUT2D eigenvalue weighted by atomic mass is 10.0. The number of rotatable bonds is 16. The molecule has 0 aliphatic heterocycles. The maximum atomic E-state index is 10.3. The summed E-state index contributed by atoms with van der Waals surface area (Å²) in [5.41, 5.74) is 0. The first-order valence-corrected chi connectivity index (χ1v) is 9.50. The van der Waals surface area contributed by atoms with Crippen molar-refractivity contribution in [3.63, 3.8) is 0 Å². The maximum Gasteiger partial charge on any atom is 0.303 e. The van der Waals surface area contributed by atoms with Gasteiger partial charge in [-0.2, -0.15) is 0 Å². The van der Waals surface area contributed by atoms with E-state index in [1.54, 1.807) is 0 Å². The van der Waals surface area contributed by atoms with Crippen molar-refractivity contribution in [1.82, 2.24) is 0 Å². The van der Waals surface area contributed by atoms with Crippen molar-refractivity contribution < 1.29 is 9.90 Å². The summed E-state index contributed by atoms with van der Waals surface area (Å²) in [4.78, 5) is 10.1. The van der Waals surface area contributed by atoms with Crippen molar-refractivity contribution in [2.24, 2.45) is 0 Å². The molecule has 0 aliphatic rings. The molecule has 0 heterocycles. The first-order chi connectivity index (χ1) is 10.1. The number of carboxylic acid groups (broad SMARTS) is 1. The van der Waals surface area contributed by atoms with Crippen LogP contribution in [0.15, 0.2) is 0 Å². The molecule has 0 amide bonds. The molecule has 1 N–H and O–H groups in total. The van der Waals surface area contributed by atoms with Gasteiger partial charge >= 0.3 is 5.97 Å². The van der Waals surface area contributed by atoms with E-state index in [-0.39, 0.29) is 4.84 Å². The number of hydrogen-bond donors (Lipinski definition) is 1. The van der Waals surface area contributed by atoms with Crippen LogP contribution in [0.3, 0.4) is 0 Å². The molecule has 0 radical (unpaired) electrons. The Hall–Kier alpha value is 0.0500. The minimum Gasteiger partial charge on any atom is -0.481 e. The van der Waals surface area contributed by atoms with Crippen LogP contribution >= 0.6 is 23.2 Å². The summed E-state index contributed by atoms with van der Waals surface area (Å²) in [6.07, 6.45) is 17.4. The average molecular weight is 339 g/mol. The highest BCUT2D eigenvalue weighted by molar-refractivity contribution is 6.44. The zero-order valence-electron chi connectivity index (χ0n) is 13.3. The summed E-state index contributed by atoms with van der Waals surface area (Å²) in [7, 11) is 0. The van der Waals surface area contributed by atoms with Crippen LogP contribution in [0, 0.1) is 0 Å². The van der Waals surface area contributed by atoms with E-state index in [0.29, 0.717) is 6.42 Å². The molecule has 0 saturated heterocycles. The molecule has 0 aromatic heterocycles. The van der Waals surface area contributed by atoms with Crippen LogP contribution in [0.5, 0.6) is 0 Å². The van der Waals surface area contributed by atoms with Gasteiger partial charge in [0.1, 0.15) is 4.84 Å². The zero-order chi connectivity index (χ0) is 15.8. The molecule has 0 atom stereocenters. The highest BCUT2D eigenvalue weighted by atomic mass is 35.5. The van der Waals surface area contributed by atoms with Gasteiger partial charge in [-0.05, 0) is 12.8 Å². The quantitative estimate of drug-likeness (QED) is 0.250. The lowest BCUT2D eigenvalue weighted by Gasteiger charge is -2.03. The summed E-state index contributed by atoms with van der Waals surface area (Å²) >= 11 is 11.4. The lowest BCUT2D eigenvalue weighted by Crippen LogP contribution is -1.93. The Morgan fingerprint density at radius 3 is 1.33 bits per heavy atom. The standard InChI is InChI=1S/C17H32Cl2O2/c18-16(19)14-12-10-8-6-4-2-1-3-5-7-9-11-13-15-17(20)21/h16H,1-15H2,(H,20,21). The Morgan fingerprint density at radius 1 is 0.667 bits per heavy atom. The molecule has 126 valence electrons. The smallest absolute Gasteiger partial charge is 0.303 e. The number of halogens is 2. The minimum absolute atomic E-state index is 0.186. The minimum atomic E-state index is -0.667. The van der Waals surface area contributed by atoms with E-state index in [9.17, 15) is 4.79 Å². The topological polar surface area (TPSA) is 37.3 Å². The van der Waals surface area contributed by atoms with Gasteiger partial charge in [-0.1, -0.05) is 77.0 Å². The molecule has 0 saturated carbocycles. The molecule has 4 heteroatoms. The normalized spacial score (nSPS) is 11.2. The Labute approximate surface area is 140 Å². The second kappa shape index (κ2) is 16.4. The largest absolute Gasteiger partial charge is 0.481 e. The Kier molecular flexibility index (Phi) is 16.5. The third-order valence-corrected chi connectivity index (χ3v) is 4.25. The van der Waals surface area contributed by atoms with Crippen molar-refractivity contribution in [2.45, 2.75) is 101 Å². The summed E-state index contributed by atoms with van der Waals surface area (Å²) < 4.78 is 0. The van der Waals surface area contributed by atoms with E-state index in [2.05, 4.69) is 0 Å². The van der Waals surface area contributed by atoms with Gasteiger partial charge in [-0.25, -0.2) is 0 Å². The fraction of sp³-hybridized carbons (Fsp3) is 0.941. The second-order valence-electron chi connectivity index (χ2n) is 5.92. The van der Waals surface area contributed by atoms with Crippen molar-refractivity contribution in [1.29, 1.82) is 0 Å². The van der Waals surface area contributed by atoms with Crippen LogP contribution in [-0.4, -0.2) is 15.9 Å².